The lowest BCUT2D eigenvalue weighted by atomic mass is 9.94. The van der Waals surface area contributed by atoms with Crippen molar-refractivity contribution in [3.8, 4) is 5.75 Å². The lowest BCUT2D eigenvalue weighted by Gasteiger charge is -2.36. The number of rotatable bonds is 8. The molecule has 36 heavy (non-hydrogen) atoms. The monoisotopic (exact) mass is 487 g/mol. The number of carbonyl (C=O) groups is 2. The van der Waals surface area contributed by atoms with Crippen molar-refractivity contribution >= 4 is 22.6 Å². The number of hydrogen-bond donors (Lipinski definition) is 1. The average molecular weight is 488 g/mol. The summed E-state index contributed by atoms with van der Waals surface area (Å²) in [5.74, 6) is 0.423. The molecular weight excluding hydrogens is 454 g/mol. The number of nitrogens with zero attached hydrogens (tertiary/aromatic N) is 3. The highest BCUT2D eigenvalue weighted by Crippen LogP contribution is 2.30. The summed E-state index contributed by atoms with van der Waals surface area (Å²) < 4.78 is 5.91. The fourth-order valence-corrected chi connectivity index (χ4v) is 5.28. The SMILES string of the molecule is Cc1cccc(C)c1OC[C@@H](O)CN1CCN(CCN2C(=O)c3cccc4cccc(c34)C2=O)CC1. The minimum Gasteiger partial charge on any atom is -0.490 e. The third-order valence-electron chi connectivity index (χ3n) is 7.26. The Labute approximate surface area is 211 Å². The number of benzene rings is 3. The highest BCUT2D eigenvalue weighted by atomic mass is 16.5. The molecule has 188 valence electrons. The Morgan fingerprint density at radius 2 is 1.36 bits per heavy atom. The first-order valence-electron chi connectivity index (χ1n) is 12.6. The quantitative estimate of drug-likeness (QED) is 0.493. The molecule has 3 aromatic carbocycles. The van der Waals surface area contributed by atoms with Crippen LogP contribution >= 0.6 is 0 Å². The molecule has 1 N–H and O–H groups in total. The van der Waals surface area contributed by atoms with E-state index in [1.807, 2.05) is 68.4 Å². The minimum absolute atomic E-state index is 0.213. The summed E-state index contributed by atoms with van der Waals surface area (Å²) in [6, 6.07) is 17.3. The molecule has 3 aromatic rings. The van der Waals surface area contributed by atoms with Crippen LogP contribution in [0.1, 0.15) is 31.8 Å². The topological polar surface area (TPSA) is 73.3 Å². The number of imide groups is 1. The molecule has 0 spiro atoms. The van der Waals surface area contributed by atoms with Crippen molar-refractivity contribution in [1.29, 1.82) is 0 Å². The molecule has 2 heterocycles. The van der Waals surface area contributed by atoms with Gasteiger partial charge in [0.1, 0.15) is 18.5 Å². The summed E-state index contributed by atoms with van der Waals surface area (Å²) in [4.78, 5) is 32.1. The van der Waals surface area contributed by atoms with Gasteiger partial charge >= 0.3 is 0 Å². The number of piperazine rings is 1. The Balaban J connectivity index is 1.10. The molecule has 0 saturated carbocycles. The standard InChI is InChI=1S/C29H33N3O4/c1-20-6-3-7-21(2)27(20)36-19-23(33)18-31-14-12-30(13-15-31)16-17-32-28(34)24-10-4-8-22-9-5-11-25(26(22)24)29(32)35/h3-11,23,33H,12-19H2,1-2H3/t23-/m0/s1. The van der Waals surface area contributed by atoms with E-state index in [1.54, 1.807) is 0 Å². The van der Waals surface area contributed by atoms with E-state index in [0.29, 0.717) is 30.8 Å². The van der Waals surface area contributed by atoms with E-state index in [0.717, 1.165) is 53.8 Å². The number of carbonyl (C=O) groups excluding carboxylic acids is 2. The maximum absolute atomic E-state index is 13.1. The summed E-state index contributed by atoms with van der Waals surface area (Å²) >= 11 is 0. The summed E-state index contributed by atoms with van der Waals surface area (Å²) in [5.41, 5.74) is 3.34. The molecule has 2 aliphatic rings. The van der Waals surface area contributed by atoms with Gasteiger partial charge in [0.25, 0.3) is 11.8 Å². The van der Waals surface area contributed by atoms with Gasteiger partial charge in [0.15, 0.2) is 0 Å². The van der Waals surface area contributed by atoms with Gasteiger partial charge in [0, 0.05) is 62.3 Å². The van der Waals surface area contributed by atoms with Crippen molar-refractivity contribution in [2.75, 3.05) is 52.4 Å². The number of ether oxygens (including phenoxy) is 1. The lowest BCUT2D eigenvalue weighted by Crippen LogP contribution is -2.51. The van der Waals surface area contributed by atoms with Crippen molar-refractivity contribution in [1.82, 2.24) is 14.7 Å². The highest BCUT2D eigenvalue weighted by molar-refractivity contribution is 6.25. The average Bonchev–Trinajstić information content (AvgIpc) is 2.88. The van der Waals surface area contributed by atoms with E-state index in [4.69, 9.17) is 4.74 Å². The van der Waals surface area contributed by atoms with Crippen LogP contribution in [0.25, 0.3) is 10.8 Å². The first-order chi connectivity index (χ1) is 17.4. The largest absolute Gasteiger partial charge is 0.490 e. The fraction of sp³-hybridized carbons (Fsp3) is 0.379. The number of β-amino-alcohol motifs (C(OH)–C–C–N with tert-alkyl or cyclic N) is 1. The Morgan fingerprint density at radius 1 is 0.806 bits per heavy atom. The fourth-order valence-electron chi connectivity index (χ4n) is 5.28. The van der Waals surface area contributed by atoms with Gasteiger partial charge in [-0.05, 0) is 42.5 Å². The van der Waals surface area contributed by atoms with Crippen molar-refractivity contribution in [3.05, 3.63) is 76.9 Å². The predicted octanol–water partition coefficient (Wildman–Crippen LogP) is 3.11. The smallest absolute Gasteiger partial charge is 0.261 e. The van der Waals surface area contributed by atoms with Gasteiger partial charge in [-0.25, -0.2) is 0 Å². The molecule has 0 aromatic heterocycles. The van der Waals surface area contributed by atoms with E-state index in [9.17, 15) is 14.7 Å². The maximum Gasteiger partial charge on any atom is 0.261 e. The van der Waals surface area contributed by atoms with Crippen LogP contribution in [-0.2, 0) is 0 Å². The molecule has 0 aliphatic carbocycles. The van der Waals surface area contributed by atoms with Gasteiger partial charge in [-0.3, -0.25) is 24.3 Å². The van der Waals surface area contributed by atoms with Gasteiger partial charge in [-0.15, -0.1) is 0 Å². The Morgan fingerprint density at radius 3 is 1.97 bits per heavy atom. The zero-order valence-corrected chi connectivity index (χ0v) is 20.9. The van der Waals surface area contributed by atoms with E-state index in [-0.39, 0.29) is 18.4 Å². The van der Waals surface area contributed by atoms with Crippen molar-refractivity contribution in [2.24, 2.45) is 0 Å². The number of amides is 2. The second-order valence-corrected chi connectivity index (χ2v) is 9.80. The summed E-state index contributed by atoms with van der Waals surface area (Å²) in [7, 11) is 0. The molecule has 0 radical (unpaired) electrons. The van der Waals surface area contributed by atoms with Gasteiger partial charge in [-0.2, -0.15) is 0 Å². The van der Waals surface area contributed by atoms with Crippen LogP contribution in [0.15, 0.2) is 54.6 Å². The van der Waals surface area contributed by atoms with Crippen LogP contribution in [0.5, 0.6) is 5.75 Å². The van der Waals surface area contributed by atoms with Crippen LogP contribution in [0.3, 0.4) is 0 Å². The van der Waals surface area contributed by atoms with Crippen molar-refractivity contribution in [2.45, 2.75) is 20.0 Å². The molecule has 0 unspecified atom stereocenters. The maximum atomic E-state index is 13.1. The Kier molecular flexibility index (Phi) is 7.05. The molecule has 1 atom stereocenters. The predicted molar refractivity (Wildman–Crippen MR) is 140 cm³/mol. The number of aliphatic hydroxyl groups is 1. The first-order valence-corrected chi connectivity index (χ1v) is 12.6. The molecule has 7 nitrogen and oxygen atoms in total. The molecule has 7 heteroatoms. The van der Waals surface area contributed by atoms with Crippen LogP contribution < -0.4 is 4.74 Å². The number of hydrogen-bond acceptors (Lipinski definition) is 6. The molecule has 2 amide bonds. The van der Waals surface area contributed by atoms with Crippen LogP contribution in [0.4, 0.5) is 0 Å². The van der Waals surface area contributed by atoms with Crippen LogP contribution in [-0.4, -0.2) is 90.1 Å². The lowest BCUT2D eigenvalue weighted by molar-refractivity contribution is 0.0414. The zero-order chi connectivity index (χ0) is 25.2. The summed E-state index contributed by atoms with van der Waals surface area (Å²) in [5, 5.41) is 12.2. The van der Waals surface area contributed by atoms with Gasteiger partial charge in [-0.1, -0.05) is 42.5 Å². The van der Waals surface area contributed by atoms with E-state index in [2.05, 4.69) is 9.80 Å². The zero-order valence-electron chi connectivity index (χ0n) is 20.9. The second-order valence-electron chi connectivity index (χ2n) is 9.80. The third-order valence-corrected chi connectivity index (χ3v) is 7.26. The van der Waals surface area contributed by atoms with Crippen LogP contribution in [0.2, 0.25) is 0 Å². The van der Waals surface area contributed by atoms with Crippen molar-refractivity contribution in [3.63, 3.8) is 0 Å². The summed E-state index contributed by atoms with van der Waals surface area (Å²) in [6.45, 7) is 9.16. The second kappa shape index (κ2) is 10.4. The molecule has 0 bridgehead atoms. The molecule has 5 rings (SSSR count). The number of aryl methyl sites for hydroxylation is 2. The molecule has 1 saturated heterocycles. The third kappa shape index (κ3) is 4.87. The van der Waals surface area contributed by atoms with Gasteiger partial charge in [0.05, 0.1) is 0 Å². The van der Waals surface area contributed by atoms with Crippen LogP contribution in [0, 0.1) is 13.8 Å². The molecule has 2 aliphatic heterocycles. The van der Waals surface area contributed by atoms with Crippen molar-refractivity contribution < 1.29 is 19.4 Å². The van der Waals surface area contributed by atoms with E-state index >= 15 is 0 Å². The normalized spacial score (nSPS) is 17.6. The highest BCUT2D eigenvalue weighted by Gasteiger charge is 2.33. The number of para-hydroxylation sites is 1. The van der Waals surface area contributed by atoms with E-state index in [1.165, 1.54) is 4.90 Å². The number of aliphatic hydroxyl groups excluding tert-OH is 1. The van der Waals surface area contributed by atoms with Gasteiger partial charge in [0.2, 0.25) is 0 Å². The first kappa shape index (κ1) is 24.4. The minimum atomic E-state index is -0.568. The Hall–Kier alpha value is -3.26. The van der Waals surface area contributed by atoms with E-state index < -0.39 is 6.10 Å². The molecular formula is C29H33N3O4. The van der Waals surface area contributed by atoms with Gasteiger partial charge < -0.3 is 9.84 Å². The Bertz CT molecular complexity index is 1210. The molecule has 1 fully saturated rings. The summed E-state index contributed by atoms with van der Waals surface area (Å²) in [6.07, 6.45) is -0.568.